The highest BCUT2D eigenvalue weighted by atomic mass is 79.9. The van der Waals surface area contributed by atoms with Gasteiger partial charge in [0.25, 0.3) is 0 Å². The maximum absolute atomic E-state index is 12.1. The van der Waals surface area contributed by atoms with Crippen molar-refractivity contribution >= 4 is 54.9 Å². The smallest absolute Gasteiger partial charge is 0.348 e. The van der Waals surface area contributed by atoms with Gasteiger partial charge in [0.1, 0.15) is 18.1 Å². The number of fused-ring (bicyclic) bond motifs is 1. The first-order valence-electron chi connectivity index (χ1n) is 6.59. The number of rotatable bonds is 4. The average Bonchev–Trinajstić information content (AvgIpc) is 2.91. The fourth-order valence-corrected chi connectivity index (χ4v) is 3.88. The zero-order valence-electron chi connectivity index (χ0n) is 11.6. The van der Waals surface area contributed by atoms with E-state index in [1.165, 1.54) is 11.3 Å². The first kappa shape index (κ1) is 16.5. The summed E-state index contributed by atoms with van der Waals surface area (Å²) in [6, 6.07) is 6.55. The van der Waals surface area contributed by atoms with Gasteiger partial charge in [-0.2, -0.15) is 0 Å². The molecule has 8 heteroatoms. The highest BCUT2D eigenvalue weighted by Crippen LogP contribution is 2.33. The molecule has 0 atom stereocenters. The lowest BCUT2D eigenvalue weighted by molar-refractivity contribution is 0.0479. The minimum atomic E-state index is -0.535. The summed E-state index contributed by atoms with van der Waals surface area (Å²) in [7, 11) is 0. The molecule has 0 N–H and O–H groups in total. The Morgan fingerprint density at radius 2 is 1.87 bits per heavy atom. The second-order valence-corrected chi connectivity index (χ2v) is 7.81. The van der Waals surface area contributed by atoms with Crippen molar-refractivity contribution in [3.8, 4) is 11.5 Å². The van der Waals surface area contributed by atoms with Crippen LogP contribution in [-0.2, 0) is 4.74 Å². The van der Waals surface area contributed by atoms with Crippen LogP contribution in [0.1, 0.15) is 20.0 Å². The first-order valence-corrected chi connectivity index (χ1v) is 8.99. The maximum atomic E-state index is 12.1. The molecule has 1 aromatic carbocycles. The van der Waals surface area contributed by atoms with Gasteiger partial charge in [-0.15, -0.1) is 11.3 Å². The van der Waals surface area contributed by atoms with Crippen LogP contribution in [0.5, 0.6) is 11.5 Å². The molecule has 23 heavy (non-hydrogen) atoms. The SMILES string of the molecule is O=C(COC(=O)c1cc(Br)c(Br)s1)c1ccc2c(c1)OCCO2. The number of thiophene rings is 1. The van der Waals surface area contributed by atoms with E-state index in [2.05, 4.69) is 31.9 Å². The normalized spacial score (nSPS) is 12.8. The van der Waals surface area contributed by atoms with Crippen LogP contribution >= 0.6 is 43.2 Å². The highest BCUT2D eigenvalue weighted by molar-refractivity contribution is 9.13. The van der Waals surface area contributed by atoms with Gasteiger partial charge >= 0.3 is 5.97 Å². The molecule has 1 aromatic heterocycles. The molecule has 0 saturated heterocycles. The van der Waals surface area contributed by atoms with Crippen LogP contribution in [0.3, 0.4) is 0 Å². The number of esters is 1. The molecule has 2 heterocycles. The van der Waals surface area contributed by atoms with Gasteiger partial charge < -0.3 is 14.2 Å². The number of hydrogen-bond donors (Lipinski definition) is 0. The summed E-state index contributed by atoms with van der Waals surface area (Å²) in [5.74, 6) is 0.301. The van der Waals surface area contributed by atoms with E-state index in [1.54, 1.807) is 24.3 Å². The van der Waals surface area contributed by atoms with E-state index in [-0.39, 0.29) is 12.4 Å². The number of carbonyl (C=O) groups excluding carboxylic acids is 2. The Bertz CT molecular complexity index is 752. The molecule has 2 aromatic rings. The van der Waals surface area contributed by atoms with Crippen molar-refractivity contribution in [2.75, 3.05) is 19.8 Å². The molecule has 0 amide bonds. The van der Waals surface area contributed by atoms with E-state index < -0.39 is 5.97 Å². The maximum Gasteiger partial charge on any atom is 0.348 e. The van der Waals surface area contributed by atoms with E-state index >= 15 is 0 Å². The van der Waals surface area contributed by atoms with Gasteiger partial charge in [0.2, 0.25) is 0 Å². The van der Waals surface area contributed by atoms with Crippen molar-refractivity contribution in [1.82, 2.24) is 0 Å². The highest BCUT2D eigenvalue weighted by Gasteiger charge is 2.18. The number of Topliss-reactive ketones (excluding diaryl/α,β-unsaturated/α-hetero) is 1. The molecule has 120 valence electrons. The van der Waals surface area contributed by atoms with E-state index in [0.29, 0.717) is 35.2 Å². The predicted octanol–water partition coefficient (Wildman–Crippen LogP) is 4.08. The number of hydrogen-bond acceptors (Lipinski definition) is 6. The Balaban J connectivity index is 1.64. The summed E-state index contributed by atoms with van der Waals surface area (Å²) in [6.07, 6.45) is 0. The second kappa shape index (κ2) is 7.02. The Labute approximate surface area is 152 Å². The molecule has 1 aliphatic rings. The molecule has 0 fully saturated rings. The van der Waals surface area contributed by atoms with E-state index in [0.717, 1.165) is 8.26 Å². The van der Waals surface area contributed by atoms with Crippen LogP contribution in [0.4, 0.5) is 0 Å². The molecule has 3 rings (SSSR count). The van der Waals surface area contributed by atoms with Crippen molar-refractivity contribution in [3.63, 3.8) is 0 Å². The summed E-state index contributed by atoms with van der Waals surface area (Å²) in [5.41, 5.74) is 0.413. The van der Waals surface area contributed by atoms with Crippen LogP contribution in [0.2, 0.25) is 0 Å². The van der Waals surface area contributed by atoms with Crippen LogP contribution in [0.25, 0.3) is 0 Å². The lowest BCUT2D eigenvalue weighted by Crippen LogP contribution is -2.17. The van der Waals surface area contributed by atoms with Gasteiger partial charge in [-0.3, -0.25) is 4.79 Å². The summed E-state index contributed by atoms with van der Waals surface area (Å²) in [5, 5.41) is 0. The van der Waals surface area contributed by atoms with Crippen LogP contribution < -0.4 is 9.47 Å². The molecular formula is C15H10Br2O5S. The predicted molar refractivity (Wildman–Crippen MR) is 91.8 cm³/mol. The third-order valence-electron chi connectivity index (χ3n) is 3.04. The van der Waals surface area contributed by atoms with Gasteiger partial charge in [0.15, 0.2) is 23.9 Å². The van der Waals surface area contributed by atoms with E-state index in [1.807, 2.05) is 0 Å². The van der Waals surface area contributed by atoms with Gasteiger partial charge in [-0.05, 0) is 56.1 Å². The molecular weight excluding hydrogens is 452 g/mol. The average molecular weight is 462 g/mol. The number of ketones is 1. The lowest BCUT2D eigenvalue weighted by Gasteiger charge is -2.18. The fourth-order valence-electron chi connectivity index (χ4n) is 1.95. The summed E-state index contributed by atoms with van der Waals surface area (Å²) in [4.78, 5) is 24.5. The van der Waals surface area contributed by atoms with E-state index in [9.17, 15) is 9.59 Å². The van der Waals surface area contributed by atoms with Crippen molar-refractivity contribution in [2.24, 2.45) is 0 Å². The second-order valence-electron chi connectivity index (χ2n) is 4.59. The van der Waals surface area contributed by atoms with Crippen LogP contribution in [0, 0.1) is 0 Å². The minimum absolute atomic E-state index is 0.301. The Kier molecular flexibility index (Phi) is 5.03. The Morgan fingerprint density at radius 1 is 1.13 bits per heavy atom. The van der Waals surface area contributed by atoms with Crippen molar-refractivity contribution in [2.45, 2.75) is 0 Å². The molecule has 1 aliphatic heterocycles. The van der Waals surface area contributed by atoms with Crippen molar-refractivity contribution in [1.29, 1.82) is 0 Å². The summed E-state index contributed by atoms with van der Waals surface area (Å²) in [6.45, 7) is 0.608. The molecule has 0 spiro atoms. The van der Waals surface area contributed by atoms with Gasteiger partial charge in [0, 0.05) is 10.0 Å². The molecule has 0 saturated carbocycles. The largest absolute Gasteiger partial charge is 0.486 e. The minimum Gasteiger partial charge on any atom is -0.486 e. The topological polar surface area (TPSA) is 61.8 Å². The Hall–Kier alpha value is -1.38. The molecule has 5 nitrogen and oxygen atoms in total. The third-order valence-corrected chi connectivity index (χ3v) is 6.28. The van der Waals surface area contributed by atoms with Gasteiger partial charge in [-0.25, -0.2) is 4.79 Å². The van der Waals surface area contributed by atoms with Crippen LogP contribution in [-0.4, -0.2) is 31.6 Å². The standard InChI is InChI=1S/C15H10Br2O5S/c16-9-6-13(23-14(9)17)15(19)22-7-10(18)8-1-2-11-12(5-8)21-4-3-20-11/h1-2,5-6H,3-4,7H2. The Morgan fingerprint density at radius 3 is 2.57 bits per heavy atom. The molecule has 0 bridgehead atoms. The van der Waals surface area contributed by atoms with Gasteiger partial charge in [0.05, 0.1) is 3.79 Å². The zero-order valence-corrected chi connectivity index (χ0v) is 15.6. The number of halogens is 2. The number of ether oxygens (including phenoxy) is 3. The van der Waals surface area contributed by atoms with Crippen molar-refractivity contribution < 1.29 is 23.8 Å². The van der Waals surface area contributed by atoms with Crippen LogP contribution in [0.15, 0.2) is 32.5 Å². The summed E-state index contributed by atoms with van der Waals surface area (Å²) < 4.78 is 17.5. The van der Waals surface area contributed by atoms with Gasteiger partial charge in [-0.1, -0.05) is 0 Å². The van der Waals surface area contributed by atoms with E-state index in [4.69, 9.17) is 14.2 Å². The molecule has 0 radical (unpaired) electrons. The van der Waals surface area contributed by atoms with Crippen molar-refractivity contribution in [3.05, 3.63) is 43.0 Å². The molecule has 0 aliphatic carbocycles. The molecule has 0 unspecified atom stereocenters. The first-order chi connectivity index (χ1) is 11.0. The lowest BCUT2D eigenvalue weighted by atomic mass is 10.1. The number of carbonyl (C=O) groups is 2. The summed E-state index contributed by atoms with van der Waals surface area (Å²) >= 11 is 7.84. The third kappa shape index (κ3) is 3.76. The quantitative estimate of drug-likeness (QED) is 0.507. The monoisotopic (exact) mass is 460 g/mol. The number of benzene rings is 1. The zero-order chi connectivity index (χ0) is 16.4. The fraction of sp³-hybridized carbons (Fsp3) is 0.200.